The van der Waals surface area contributed by atoms with Crippen LogP contribution in [0.15, 0.2) is 0 Å². The van der Waals surface area contributed by atoms with E-state index in [1.807, 2.05) is 11.9 Å². The van der Waals surface area contributed by atoms with Gasteiger partial charge in [0.2, 0.25) is 5.91 Å². The molecule has 0 aromatic carbocycles. The molecular formula is C9H19Cl2N3O. The molecule has 0 spiro atoms. The second kappa shape index (κ2) is 5.89. The molecular weight excluding hydrogens is 237 g/mol. The summed E-state index contributed by atoms with van der Waals surface area (Å²) in [6, 6.07) is 0.400. The lowest BCUT2D eigenvalue weighted by Crippen LogP contribution is -2.40. The summed E-state index contributed by atoms with van der Waals surface area (Å²) in [5.74, 6) is 0.272. The van der Waals surface area contributed by atoms with E-state index in [-0.39, 0.29) is 42.8 Å². The van der Waals surface area contributed by atoms with Crippen molar-refractivity contribution < 1.29 is 4.79 Å². The van der Waals surface area contributed by atoms with Gasteiger partial charge in [0.1, 0.15) is 0 Å². The van der Waals surface area contributed by atoms with Crippen molar-refractivity contribution in [3.8, 4) is 0 Å². The molecule has 1 amide bonds. The minimum Gasteiger partial charge on any atom is -0.344 e. The van der Waals surface area contributed by atoms with Crippen molar-refractivity contribution >= 4 is 30.7 Å². The van der Waals surface area contributed by atoms with Crippen LogP contribution in [0.4, 0.5) is 0 Å². The van der Waals surface area contributed by atoms with Crippen LogP contribution in [0.25, 0.3) is 0 Å². The molecule has 0 bridgehead atoms. The van der Waals surface area contributed by atoms with E-state index in [2.05, 4.69) is 4.90 Å². The molecule has 0 aromatic rings. The van der Waals surface area contributed by atoms with Crippen molar-refractivity contribution in [2.45, 2.75) is 24.9 Å². The van der Waals surface area contributed by atoms with Crippen LogP contribution in [-0.4, -0.2) is 54.5 Å². The molecule has 2 unspecified atom stereocenters. The molecule has 2 atom stereocenters. The fourth-order valence-electron chi connectivity index (χ4n) is 2.24. The summed E-state index contributed by atoms with van der Waals surface area (Å²) in [7, 11) is 1.87. The number of hydrogen-bond acceptors (Lipinski definition) is 3. The van der Waals surface area contributed by atoms with E-state index in [0.29, 0.717) is 0 Å². The van der Waals surface area contributed by atoms with Gasteiger partial charge in [0.15, 0.2) is 0 Å². The van der Waals surface area contributed by atoms with Gasteiger partial charge in [0, 0.05) is 32.7 Å². The smallest absolute Gasteiger partial charge is 0.239 e. The molecule has 90 valence electrons. The molecule has 4 nitrogen and oxygen atoms in total. The number of nitrogens with zero attached hydrogens (tertiary/aromatic N) is 2. The Morgan fingerprint density at radius 1 is 1.27 bits per heavy atom. The van der Waals surface area contributed by atoms with Crippen LogP contribution in [0.2, 0.25) is 0 Å². The van der Waals surface area contributed by atoms with Gasteiger partial charge in [-0.3, -0.25) is 9.69 Å². The number of halogens is 2. The van der Waals surface area contributed by atoms with E-state index in [1.54, 1.807) is 0 Å². The molecule has 2 rings (SSSR count). The summed E-state index contributed by atoms with van der Waals surface area (Å²) in [5, 5.41) is 0. The number of hydrogen-bond donors (Lipinski definition) is 1. The summed E-state index contributed by atoms with van der Waals surface area (Å²) in [6.07, 6.45) is 2.01. The summed E-state index contributed by atoms with van der Waals surface area (Å²) in [4.78, 5) is 15.7. The van der Waals surface area contributed by atoms with Crippen molar-refractivity contribution in [3.63, 3.8) is 0 Å². The highest BCUT2D eigenvalue weighted by molar-refractivity contribution is 5.85. The van der Waals surface area contributed by atoms with Crippen LogP contribution < -0.4 is 5.73 Å². The molecule has 2 heterocycles. The summed E-state index contributed by atoms with van der Waals surface area (Å²) in [6.45, 7) is 2.78. The van der Waals surface area contributed by atoms with Crippen LogP contribution in [0.3, 0.4) is 0 Å². The van der Waals surface area contributed by atoms with Crippen molar-refractivity contribution in [2.24, 2.45) is 5.73 Å². The topological polar surface area (TPSA) is 49.6 Å². The van der Waals surface area contributed by atoms with Crippen LogP contribution >= 0.6 is 24.8 Å². The highest BCUT2D eigenvalue weighted by Gasteiger charge is 2.36. The quantitative estimate of drug-likeness (QED) is 0.723. The molecule has 2 aliphatic rings. The van der Waals surface area contributed by atoms with E-state index < -0.39 is 0 Å². The number of carbonyl (C=O) groups is 1. The van der Waals surface area contributed by atoms with Gasteiger partial charge in [-0.25, -0.2) is 0 Å². The third-order valence-corrected chi connectivity index (χ3v) is 3.10. The first-order valence-electron chi connectivity index (χ1n) is 4.93. The third-order valence-electron chi connectivity index (χ3n) is 3.10. The van der Waals surface area contributed by atoms with Gasteiger partial charge in [-0.05, 0) is 12.8 Å². The maximum absolute atomic E-state index is 11.6. The Morgan fingerprint density at radius 2 is 1.93 bits per heavy atom. The van der Waals surface area contributed by atoms with Crippen molar-refractivity contribution in [1.29, 1.82) is 0 Å². The fraction of sp³-hybridized carbons (Fsp3) is 0.889. The summed E-state index contributed by atoms with van der Waals surface area (Å²) >= 11 is 0. The molecule has 2 saturated heterocycles. The average Bonchev–Trinajstić information content (AvgIpc) is 2.62. The van der Waals surface area contributed by atoms with Crippen LogP contribution in [-0.2, 0) is 4.79 Å². The molecule has 6 heteroatoms. The number of amides is 1. The minimum atomic E-state index is 0. The number of carbonyl (C=O) groups excluding carboxylic acids is 1. The largest absolute Gasteiger partial charge is 0.344 e. The Balaban J connectivity index is 0.000000980. The van der Waals surface area contributed by atoms with E-state index >= 15 is 0 Å². The van der Waals surface area contributed by atoms with Crippen LogP contribution in [0, 0.1) is 0 Å². The Bertz CT molecular complexity index is 227. The zero-order valence-electron chi connectivity index (χ0n) is 8.89. The van der Waals surface area contributed by atoms with Gasteiger partial charge in [-0.1, -0.05) is 0 Å². The Hall–Kier alpha value is -0.0300. The van der Waals surface area contributed by atoms with Gasteiger partial charge in [-0.15, -0.1) is 24.8 Å². The molecule has 0 aromatic heterocycles. The van der Waals surface area contributed by atoms with Crippen molar-refractivity contribution in [1.82, 2.24) is 9.80 Å². The normalized spacial score (nSPS) is 31.3. The zero-order chi connectivity index (χ0) is 9.42. The Morgan fingerprint density at radius 3 is 2.33 bits per heavy atom. The first-order chi connectivity index (χ1) is 6.18. The van der Waals surface area contributed by atoms with Gasteiger partial charge >= 0.3 is 0 Å². The highest BCUT2D eigenvalue weighted by Crippen LogP contribution is 2.19. The van der Waals surface area contributed by atoms with Gasteiger partial charge in [-0.2, -0.15) is 0 Å². The highest BCUT2D eigenvalue weighted by atomic mass is 35.5. The fourth-order valence-corrected chi connectivity index (χ4v) is 2.24. The molecule has 0 saturated carbocycles. The van der Waals surface area contributed by atoms with E-state index in [4.69, 9.17) is 5.73 Å². The van der Waals surface area contributed by atoms with Gasteiger partial charge < -0.3 is 10.6 Å². The maximum Gasteiger partial charge on any atom is 0.239 e. The molecule has 2 aliphatic heterocycles. The summed E-state index contributed by atoms with van der Waals surface area (Å²) in [5.41, 5.74) is 5.81. The number of rotatable bonds is 1. The predicted molar refractivity (Wildman–Crippen MR) is 64.7 cm³/mol. The van der Waals surface area contributed by atoms with E-state index in [9.17, 15) is 4.79 Å². The summed E-state index contributed by atoms with van der Waals surface area (Å²) < 4.78 is 0. The Labute approximate surface area is 103 Å². The number of likely N-dealkylation sites (tertiary alicyclic amines) is 2. The van der Waals surface area contributed by atoms with E-state index in [1.165, 1.54) is 0 Å². The van der Waals surface area contributed by atoms with Crippen LogP contribution in [0.5, 0.6) is 0 Å². The molecule has 15 heavy (non-hydrogen) atoms. The maximum atomic E-state index is 11.6. The van der Waals surface area contributed by atoms with E-state index in [0.717, 1.165) is 32.5 Å². The molecule has 0 aliphatic carbocycles. The average molecular weight is 256 g/mol. The lowest BCUT2D eigenvalue weighted by molar-refractivity contribution is -0.130. The standard InChI is InChI=1S/C9H17N3O.2ClH/c1-11-4-3-8(9(11)13)12-5-2-7(10)6-12;;/h7-8H,2-6,10H2,1H3;2*1H. The zero-order valence-corrected chi connectivity index (χ0v) is 10.5. The first kappa shape index (κ1) is 15.0. The molecule has 2 N–H and O–H groups in total. The second-order valence-electron chi connectivity index (χ2n) is 4.11. The minimum absolute atomic E-state index is 0. The monoisotopic (exact) mass is 255 g/mol. The molecule has 2 fully saturated rings. The molecule has 0 radical (unpaired) electrons. The second-order valence-corrected chi connectivity index (χ2v) is 4.11. The number of nitrogens with two attached hydrogens (primary N) is 1. The number of likely N-dealkylation sites (N-methyl/N-ethyl adjacent to an activating group) is 1. The lowest BCUT2D eigenvalue weighted by Gasteiger charge is -2.21. The third kappa shape index (κ3) is 2.97. The van der Waals surface area contributed by atoms with Crippen molar-refractivity contribution in [3.05, 3.63) is 0 Å². The predicted octanol–water partition coefficient (Wildman–Crippen LogP) is 0.0937. The SMILES string of the molecule is CN1CCC(N2CCC(N)C2)C1=O.Cl.Cl. The lowest BCUT2D eigenvalue weighted by atomic mass is 10.2. The van der Waals surface area contributed by atoms with Crippen molar-refractivity contribution in [2.75, 3.05) is 26.7 Å². The van der Waals surface area contributed by atoms with Gasteiger partial charge in [0.25, 0.3) is 0 Å². The van der Waals surface area contributed by atoms with Crippen LogP contribution in [0.1, 0.15) is 12.8 Å². The first-order valence-corrected chi connectivity index (χ1v) is 4.93. The Kier molecular flexibility index (Phi) is 5.88. The van der Waals surface area contributed by atoms with Gasteiger partial charge in [0.05, 0.1) is 6.04 Å².